The van der Waals surface area contributed by atoms with Crippen LogP contribution < -0.4 is 10.1 Å². The summed E-state index contributed by atoms with van der Waals surface area (Å²) in [5.41, 5.74) is 2.51. The maximum absolute atomic E-state index is 12.2. The van der Waals surface area contributed by atoms with E-state index in [0.29, 0.717) is 11.6 Å². The molecule has 4 nitrogen and oxygen atoms in total. The number of hydrogen-bond acceptors (Lipinski definition) is 4. The first-order chi connectivity index (χ1) is 11.3. The maximum Gasteiger partial charge on any atom is 0.284 e. The van der Waals surface area contributed by atoms with Gasteiger partial charge in [0.05, 0.1) is 12.3 Å². The summed E-state index contributed by atoms with van der Waals surface area (Å²) in [6.45, 7) is 2.59. The summed E-state index contributed by atoms with van der Waals surface area (Å²) in [4.78, 5) is 16.6. The second kappa shape index (κ2) is 7.07. The highest BCUT2D eigenvalue weighted by Gasteiger charge is 2.12. The van der Waals surface area contributed by atoms with Gasteiger partial charge in [-0.05, 0) is 43.3 Å². The van der Waals surface area contributed by atoms with Crippen LogP contribution in [0.3, 0.4) is 0 Å². The van der Waals surface area contributed by atoms with Crippen LogP contribution >= 0.6 is 11.3 Å². The molecule has 3 aromatic rings. The molecule has 0 aliphatic heterocycles. The molecule has 0 fully saturated rings. The average molecular weight is 324 g/mol. The fourth-order valence-corrected chi connectivity index (χ4v) is 2.83. The van der Waals surface area contributed by atoms with Gasteiger partial charge >= 0.3 is 0 Å². The van der Waals surface area contributed by atoms with Crippen molar-refractivity contribution in [3.05, 3.63) is 65.0 Å². The molecule has 5 heteroatoms. The Morgan fingerprint density at radius 2 is 1.87 bits per heavy atom. The quantitative estimate of drug-likeness (QED) is 0.754. The minimum absolute atomic E-state index is 0.196. The van der Waals surface area contributed by atoms with Crippen LogP contribution in [0, 0.1) is 0 Å². The van der Waals surface area contributed by atoms with E-state index in [1.807, 2.05) is 66.9 Å². The van der Waals surface area contributed by atoms with Crippen molar-refractivity contribution in [3.8, 4) is 17.0 Å². The van der Waals surface area contributed by atoms with Gasteiger partial charge in [-0.1, -0.05) is 18.2 Å². The van der Waals surface area contributed by atoms with E-state index >= 15 is 0 Å². The predicted molar refractivity (Wildman–Crippen MR) is 93.1 cm³/mol. The number of carbonyl (C=O) groups excluding carboxylic acids is 1. The lowest BCUT2D eigenvalue weighted by atomic mass is 10.2. The van der Waals surface area contributed by atoms with Gasteiger partial charge in [0.15, 0.2) is 5.01 Å². The maximum atomic E-state index is 12.2. The third kappa shape index (κ3) is 3.76. The van der Waals surface area contributed by atoms with E-state index < -0.39 is 0 Å². The van der Waals surface area contributed by atoms with Gasteiger partial charge in [0.25, 0.3) is 5.91 Å². The number of hydrogen-bond donors (Lipinski definition) is 1. The van der Waals surface area contributed by atoms with Crippen molar-refractivity contribution >= 4 is 22.9 Å². The second-order valence-corrected chi connectivity index (χ2v) is 5.67. The molecular weight excluding hydrogens is 308 g/mol. The lowest BCUT2D eigenvalue weighted by molar-refractivity contribution is 0.102. The van der Waals surface area contributed by atoms with Crippen molar-refractivity contribution in [1.29, 1.82) is 0 Å². The third-order valence-electron chi connectivity index (χ3n) is 3.19. The Kier molecular flexibility index (Phi) is 4.68. The summed E-state index contributed by atoms with van der Waals surface area (Å²) in [5.74, 6) is 0.631. The molecular formula is C18H16N2O2S. The molecule has 3 rings (SSSR count). The Bertz CT molecular complexity index is 782. The number of thiazole rings is 1. The molecule has 0 aliphatic rings. The number of anilines is 1. The Balaban J connectivity index is 1.73. The molecule has 0 spiro atoms. The van der Waals surface area contributed by atoms with Gasteiger partial charge in [0.2, 0.25) is 0 Å². The molecule has 23 heavy (non-hydrogen) atoms. The van der Waals surface area contributed by atoms with Gasteiger partial charge < -0.3 is 10.1 Å². The summed E-state index contributed by atoms with van der Waals surface area (Å²) in [6, 6.07) is 17.0. The Labute approximate surface area is 138 Å². The molecule has 0 radical (unpaired) electrons. The summed E-state index contributed by atoms with van der Waals surface area (Å²) in [6.07, 6.45) is 0. The Hall–Kier alpha value is -2.66. The van der Waals surface area contributed by atoms with Crippen molar-refractivity contribution < 1.29 is 9.53 Å². The molecule has 1 amide bonds. The van der Waals surface area contributed by atoms with Crippen LogP contribution in [0.1, 0.15) is 16.7 Å². The van der Waals surface area contributed by atoms with E-state index in [1.54, 1.807) is 0 Å². The van der Waals surface area contributed by atoms with Gasteiger partial charge in [-0.15, -0.1) is 11.3 Å². The first kappa shape index (κ1) is 15.2. The Morgan fingerprint density at radius 3 is 2.57 bits per heavy atom. The molecule has 0 bridgehead atoms. The number of benzene rings is 2. The lowest BCUT2D eigenvalue weighted by Gasteiger charge is -2.03. The largest absolute Gasteiger partial charge is 0.494 e. The first-order valence-corrected chi connectivity index (χ1v) is 8.19. The minimum Gasteiger partial charge on any atom is -0.494 e. The van der Waals surface area contributed by atoms with E-state index in [9.17, 15) is 4.79 Å². The van der Waals surface area contributed by atoms with Gasteiger partial charge in [-0.3, -0.25) is 4.79 Å². The van der Waals surface area contributed by atoms with Crippen molar-refractivity contribution in [1.82, 2.24) is 4.98 Å². The van der Waals surface area contributed by atoms with Gasteiger partial charge in [0.1, 0.15) is 5.75 Å². The number of aromatic nitrogens is 1. The monoisotopic (exact) mass is 324 g/mol. The van der Waals surface area contributed by atoms with Gasteiger partial charge in [-0.25, -0.2) is 4.98 Å². The molecule has 0 unspecified atom stereocenters. The minimum atomic E-state index is -0.196. The lowest BCUT2D eigenvalue weighted by Crippen LogP contribution is -2.11. The number of para-hydroxylation sites is 1. The molecule has 0 saturated heterocycles. The van der Waals surface area contributed by atoms with Gasteiger partial charge in [0, 0.05) is 16.6 Å². The normalized spacial score (nSPS) is 10.3. The number of nitrogens with one attached hydrogen (secondary N) is 1. The second-order valence-electron chi connectivity index (χ2n) is 4.82. The molecule has 1 heterocycles. The Morgan fingerprint density at radius 1 is 1.13 bits per heavy atom. The molecule has 0 aliphatic carbocycles. The van der Waals surface area contributed by atoms with Crippen LogP contribution in [0.4, 0.5) is 5.69 Å². The molecule has 1 aromatic heterocycles. The zero-order chi connectivity index (χ0) is 16.1. The number of rotatable bonds is 5. The molecule has 2 aromatic carbocycles. The number of carbonyl (C=O) groups is 1. The number of amides is 1. The van der Waals surface area contributed by atoms with E-state index in [4.69, 9.17) is 4.74 Å². The molecule has 1 N–H and O–H groups in total. The fraction of sp³-hybridized carbons (Fsp3) is 0.111. The van der Waals surface area contributed by atoms with Crippen LogP contribution in [0.5, 0.6) is 5.75 Å². The SMILES string of the molecule is CCOc1ccc(-c2csc(C(=O)Nc3ccccc3)n2)cc1. The van der Waals surface area contributed by atoms with Crippen molar-refractivity contribution in [2.75, 3.05) is 11.9 Å². The van der Waals surface area contributed by atoms with Crippen LogP contribution in [0.2, 0.25) is 0 Å². The summed E-state index contributed by atoms with van der Waals surface area (Å²) in [5, 5.41) is 5.16. The topological polar surface area (TPSA) is 51.2 Å². The first-order valence-electron chi connectivity index (χ1n) is 7.31. The number of nitrogens with zero attached hydrogens (tertiary/aromatic N) is 1. The zero-order valence-electron chi connectivity index (χ0n) is 12.7. The van der Waals surface area contributed by atoms with Crippen molar-refractivity contribution in [2.45, 2.75) is 6.92 Å². The smallest absolute Gasteiger partial charge is 0.284 e. The van der Waals surface area contributed by atoms with Crippen LogP contribution in [0.15, 0.2) is 60.0 Å². The van der Waals surface area contributed by atoms with E-state index in [-0.39, 0.29) is 5.91 Å². The summed E-state index contributed by atoms with van der Waals surface area (Å²) in [7, 11) is 0. The molecule has 0 atom stereocenters. The van der Waals surface area contributed by atoms with Crippen molar-refractivity contribution in [2.24, 2.45) is 0 Å². The average Bonchev–Trinajstić information content (AvgIpc) is 3.07. The zero-order valence-corrected chi connectivity index (χ0v) is 13.5. The standard InChI is InChI=1S/C18H16N2O2S/c1-2-22-15-10-8-13(9-11-15)16-12-23-18(20-16)17(21)19-14-6-4-3-5-7-14/h3-12H,2H2,1H3,(H,19,21). The van der Waals surface area contributed by atoms with Gasteiger partial charge in [-0.2, -0.15) is 0 Å². The highest BCUT2D eigenvalue weighted by Crippen LogP contribution is 2.24. The summed E-state index contributed by atoms with van der Waals surface area (Å²) < 4.78 is 5.42. The fourth-order valence-electron chi connectivity index (χ4n) is 2.11. The van der Waals surface area contributed by atoms with E-state index in [0.717, 1.165) is 22.7 Å². The number of ether oxygens (including phenoxy) is 1. The predicted octanol–water partition coefficient (Wildman–Crippen LogP) is 4.46. The van der Waals surface area contributed by atoms with E-state index in [2.05, 4.69) is 10.3 Å². The summed E-state index contributed by atoms with van der Waals surface area (Å²) >= 11 is 1.33. The van der Waals surface area contributed by atoms with E-state index in [1.165, 1.54) is 11.3 Å². The van der Waals surface area contributed by atoms with Crippen LogP contribution in [0.25, 0.3) is 11.3 Å². The van der Waals surface area contributed by atoms with Crippen LogP contribution in [-0.4, -0.2) is 17.5 Å². The highest BCUT2D eigenvalue weighted by atomic mass is 32.1. The third-order valence-corrected chi connectivity index (χ3v) is 4.03. The molecule has 116 valence electrons. The highest BCUT2D eigenvalue weighted by molar-refractivity contribution is 7.12. The van der Waals surface area contributed by atoms with Crippen LogP contribution in [-0.2, 0) is 0 Å². The van der Waals surface area contributed by atoms with Crippen molar-refractivity contribution in [3.63, 3.8) is 0 Å². The molecule has 0 saturated carbocycles.